The summed E-state index contributed by atoms with van der Waals surface area (Å²) in [7, 11) is 0. The van der Waals surface area contributed by atoms with Gasteiger partial charge in [-0.05, 0) is 24.7 Å². The minimum absolute atomic E-state index is 0.152. The van der Waals surface area contributed by atoms with E-state index >= 15 is 0 Å². The van der Waals surface area contributed by atoms with Crippen molar-refractivity contribution in [3.63, 3.8) is 0 Å². The van der Waals surface area contributed by atoms with Gasteiger partial charge in [0.05, 0.1) is 0 Å². The Bertz CT molecular complexity index is 240. The Labute approximate surface area is 101 Å². The maximum absolute atomic E-state index is 12.0. The maximum Gasteiger partial charge on any atom is 0.226 e. The number of amides is 1. The molecule has 16 heavy (non-hydrogen) atoms. The number of carbonyl (C=O) groups excluding carboxylic acids is 1. The summed E-state index contributed by atoms with van der Waals surface area (Å²) in [5, 5.41) is 3.03. The Balaban J connectivity index is 4.18. The fraction of sp³-hybridized carbons (Fsp3) is 0.786. The van der Waals surface area contributed by atoms with Crippen LogP contribution in [0.4, 0.5) is 0 Å². The summed E-state index contributed by atoms with van der Waals surface area (Å²) in [6, 6.07) is 0. The summed E-state index contributed by atoms with van der Waals surface area (Å²) in [5.41, 5.74) is -0.0199. The summed E-state index contributed by atoms with van der Waals surface area (Å²) in [6.45, 7) is 15.1. The Hall–Kier alpha value is -0.790. The zero-order valence-corrected chi connectivity index (χ0v) is 11.5. The minimum atomic E-state index is -0.292. The van der Waals surface area contributed by atoms with Gasteiger partial charge in [-0.2, -0.15) is 0 Å². The minimum Gasteiger partial charge on any atom is -0.356 e. The smallest absolute Gasteiger partial charge is 0.226 e. The molecule has 0 saturated carbocycles. The van der Waals surface area contributed by atoms with Crippen LogP contribution >= 0.6 is 0 Å². The summed E-state index contributed by atoms with van der Waals surface area (Å²) in [4.78, 5) is 12.0. The summed E-state index contributed by atoms with van der Waals surface area (Å²) in [5.74, 6) is 0.152. The highest BCUT2D eigenvalue weighted by atomic mass is 16.2. The molecule has 94 valence electrons. The van der Waals surface area contributed by atoms with Crippen molar-refractivity contribution in [3.8, 4) is 0 Å². The Kier molecular flexibility index (Phi) is 5.77. The van der Waals surface area contributed by atoms with E-state index < -0.39 is 0 Å². The lowest BCUT2D eigenvalue weighted by atomic mass is 9.83. The Morgan fingerprint density at radius 1 is 1.31 bits per heavy atom. The molecule has 1 atom stereocenters. The molecular formula is C14H27NO. The summed E-state index contributed by atoms with van der Waals surface area (Å²) < 4.78 is 0. The van der Waals surface area contributed by atoms with E-state index in [1.807, 2.05) is 19.9 Å². The summed E-state index contributed by atoms with van der Waals surface area (Å²) >= 11 is 0. The molecule has 0 aromatic heterocycles. The molecule has 0 bridgehead atoms. The van der Waals surface area contributed by atoms with Crippen LogP contribution in [0.15, 0.2) is 12.7 Å². The van der Waals surface area contributed by atoms with Crippen molar-refractivity contribution in [2.75, 3.05) is 6.54 Å². The number of allylic oxidation sites excluding steroid dienone is 1. The average Bonchev–Trinajstić information content (AvgIpc) is 2.15. The molecule has 1 N–H and O–H groups in total. The molecule has 0 fully saturated rings. The fourth-order valence-electron chi connectivity index (χ4n) is 1.48. The molecule has 2 heteroatoms. The molecule has 0 aromatic carbocycles. The topological polar surface area (TPSA) is 29.1 Å². The molecule has 0 saturated heterocycles. The molecular weight excluding hydrogens is 198 g/mol. The van der Waals surface area contributed by atoms with Gasteiger partial charge in [-0.25, -0.2) is 0 Å². The molecule has 0 rings (SSSR count). The van der Waals surface area contributed by atoms with E-state index in [9.17, 15) is 4.79 Å². The van der Waals surface area contributed by atoms with E-state index in [1.165, 1.54) is 0 Å². The molecule has 0 spiro atoms. The van der Waals surface area contributed by atoms with Crippen molar-refractivity contribution < 1.29 is 4.79 Å². The Morgan fingerprint density at radius 3 is 2.25 bits per heavy atom. The van der Waals surface area contributed by atoms with E-state index in [1.54, 1.807) is 0 Å². The van der Waals surface area contributed by atoms with Gasteiger partial charge in [0.15, 0.2) is 0 Å². The van der Waals surface area contributed by atoms with Crippen LogP contribution in [0.1, 0.15) is 53.9 Å². The van der Waals surface area contributed by atoms with Crippen molar-refractivity contribution in [2.24, 2.45) is 10.8 Å². The molecule has 0 heterocycles. The van der Waals surface area contributed by atoms with E-state index in [-0.39, 0.29) is 16.7 Å². The first-order valence-corrected chi connectivity index (χ1v) is 6.14. The van der Waals surface area contributed by atoms with Crippen LogP contribution in [-0.2, 0) is 4.79 Å². The van der Waals surface area contributed by atoms with E-state index in [4.69, 9.17) is 0 Å². The zero-order chi connectivity index (χ0) is 12.8. The number of carbonyl (C=O) groups is 1. The van der Waals surface area contributed by atoms with Crippen molar-refractivity contribution >= 4 is 5.91 Å². The second-order valence-corrected chi connectivity index (χ2v) is 5.97. The van der Waals surface area contributed by atoms with Gasteiger partial charge in [-0.15, -0.1) is 6.58 Å². The van der Waals surface area contributed by atoms with Gasteiger partial charge in [-0.3, -0.25) is 4.79 Å². The van der Waals surface area contributed by atoms with E-state index in [0.29, 0.717) is 0 Å². The Morgan fingerprint density at radius 2 is 1.88 bits per heavy atom. The van der Waals surface area contributed by atoms with Crippen LogP contribution in [0.3, 0.4) is 0 Å². The quantitative estimate of drug-likeness (QED) is 0.688. The molecule has 0 aliphatic heterocycles. The highest BCUT2D eigenvalue weighted by Crippen LogP contribution is 2.26. The molecule has 1 amide bonds. The standard InChI is InChI=1S/C14H27NO/c1-7-9-14(6,8-2)12(16)15-11-10-13(3,4)5/h7H,1,8-11H2,2-6H3,(H,15,16). The molecule has 0 aliphatic carbocycles. The second kappa shape index (κ2) is 6.07. The average molecular weight is 225 g/mol. The van der Waals surface area contributed by atoms with Gasteiger partial charge in [0, 0.05) is 12.0 Å². The molecule has 0 aliphatic rings. The lowest BCUT2D eigenvalue weighted by molar-refractivity contribution is -0.130. The SMILES string of the molecule is C=CCC(C)(CC)C(=O)NCCC(C)(C)C. The second-order valence-electron chi connectivity index (χ2n) is 5.97. The van der Waals surface area contributed by atoms with Crippen LogP contribution in [0.25, 0.3) is 0 Å². The maximum atomic E-state index is 12.0. The van der Waals surface area contributed by atoms with Crippen LogP contribution in [0.2, 0.25) is 0 Å². The third-order valence-electron chi connectivity index (χ3n) is 3.08. The van der Waals surface area contributed by atoms with Crippen LogP contribution in [-0.4, -0.2) is 12.5 Å². The molecule has 2 nitrogen and oxygen atoms in total. The molecule has 0 radical (unpaired) electrons. The highest BCUT2D eigenvalue weighted by Gasteiger charge is 2.29. The first-order chi connectivity index (χ1) is 7.25. The fourth-order valence-corrected chi connectivity index (χ4v) is 1.48. The van der Waals surface area contributed by atoms with Gasteiger partial charge in [-0.1, -0.05) is 40.7 Å². The van der Waals surface area contributed by atoms with Gasteiger partial charge in [0.2, 0.25) is 5.91 Å². The third kappa shape index (κ3) is 5.34. The van der Waals surface area contributed by atoms with Gasteiger partial charge < -0.3 is 5.32 Å². The first-order valence-electron chi connectivity index (χ1n) is 6.14. The number of rotatable bonds is 6. The number of nitrogens with one attached hydrogen (secondary N) is 1. The van der Waals surface area contributed by atoms with E-state index in [2.05, 4.69) is 32.7 Å². The zero-order valence-electron chi connectivity index (χ0n) is 11.5. The van der Waals surface area contributed by atoms with Crippen LogP contribution in [0.5, 0.6) is 0 Å². The first kappa shape index (κ1) is 15.2. The van der Waals surface area contributed by atoms with Crippen molar-refractivity contribution in [1.29, 1.82) is 0 Å². The van der Waals surface area contributed by atoms with E-state index in [0.717, 1.165) is 25.8 Å². The van der Waals surface area contributed by atoms with Gasteiger partial charge >= 0.3 is 0 Å². The predicted octanol–water partition coefficient (Wildman–Crippen LogP) is 3.53. The normalized spacial score (nSPS) is 15.3. The van der Waals surface area contributed by atoms with Gasteiger partial charge in [0.1, 0.15) is 0 Å². The van der Waals surface area contributed by atoms with Crippen LogP contribution < -0.4 is 5.32 Å². The third-order valence-corrected chi connectivity index (χ3v) is 3.08. The lowest BCUT2D eigenvalue weighted by Gasteiger charge is -2.26. The van der Waals surface area contributed by atoms with Gasteiger partial charge in [0.25, 0.3) is 0 Å². The monoisotopic (exact) mass is 225 g/mol. The lowest BCUT2D eigenvalue weighted by Crippen LogP contribution is -2.39. The van der Waals surface area contributed by atoms with Crippen molar-refractivity contribution in [1.82, 2.24) is 5.32 Å². The van der Waals surface area contributed by atoms with Crippen LogP contribution in [0, 0.1) is 10.8 Å². The predicted molar refractivity (Wildman–Crippen MR) is 70.3 cm³/mol. The van der Waals surface area contributed by atoms with Crippen molar-refractivity contribution in [2.45, 2.75) is 53.9 Å². The summed E-state index contributed by atoms with van der Waals surface area (Å²) in [6.07, 6.45) is 4.42. The number of hydrogen-bond acceptors (Lipinski definition) is 1. The highest BCUT2D eigenvalue weighted by molar-refractivity contribution is 5.82. The molecule has 1 unspecified atom stereocenters. The number of hydrogen-bond donors (Lipinski definition) is 1. The largest absolute Gasteiger partial charge is 0.356 e. The molecule has 0 aromatic rings. The van der Waals surface area contributed by atoms with Crippen molar-refractivity contribution in [3.05, 3.63) is 12.7 Å².